The molecule has 1 heterocycles. The lowest BCUT2D eigenvalue weighted by Crippen LogP contribution is -2.21. The second kappa shape index (κ2) is 6.66. The van der Waals surface area contributed by atoms with Crippen LogP contribution in [0.1, 0.15) is 52.7 Å². The maximum Gasteiger partial charge on any atom is 0.338 e. The van der Waals surface area contributed by atoms with Crippen molar-refractivity contribution >= 4 is 12.0 Å². The van der Waals surface area contributed by atoms with Gasteiger partial charge in [-0.05, 0) is 74.9 Å². The summed E-state index contributed by atoms with van der Waals surface area (Å²) in [7, 11) is 1.44. The van der Waals surface area contributed by atoms with E-state index in [1.165, 1.54) is 57.1 Å². The van der Waals surface area contributed by atoms with Crippen LogP contribution in [0.4, 0.5) is 0 Å². The van der Waals surface area contributed by atoms with E-state index in [4.69, 9.17) is 4.74 Å². The second-order valence-electron chi connectivity index (χ2n) is 6.46. The normalized spacial score (nSPS) is 18.0. The number of aryl methyl sites for hydroxylation is 2. The number of carbonyl (C=O) groups is 1. The van der Waals surface area contributed by atoms with Crippen LogP contribution in [0.3, 0.4) is 0 Å². The van der Waals surface area contributed by atoms with Crippen LogP contribution in [-0.4, -0.2) is 37.6 Å². The van der Waals surface area contributed by atoms with Gasteiger partial charge in [0.2, 0.25) is 0 Å². The Morgan fingerprint density at radius 2 is 2.00 bits per heavy atom. The summed E-state index contributed by atoms with van der Waals surface area (Å²) in [5.41, 5.74) is 5.81. The number of benzene rings is 1. The third kappa shape index (κ3) is 3.25. The summed E-state index contributed by atoms with van der Waals surface area (Å²) in [6, 6.07) is 4.15. The first-order valence-electron chi connectivity index (χ1n) is 8.31. The number of rotatable bonds is 4. The molecule has 1 aliphatic carbocycles. The van der Waals surface area contributed by atoms with Crippen LogP contribution >= 0.6 is 0 Å². The van der Waals surface area contributed by atoms with Crippen LogP contribution in [0, 0.1) is 6.92 Å². The Hall–Kier alpha value is -1.61. The van der Waals surface area contributed by atoms with Gasteiger partial charge in [0.05, 0.1) is 12.7 Å². The largest absolute Gasteiger partial charge is 0.465 e. The molecule has 2 aliphatic rings. The molecule has 0 N–H and O–H groups in total. The van der Waals surface area contributed by atoms with Crippen LogP contribution in [-0.2, 0) is 11.2 Å². The van der Waals surface area contributed by atoms with E-state index in [0.29, 0.717) is 5.56 Å². The maximum absolute atomic E-state index is 11.8. The fourth-order valence-electron chi connectivity index (χ4n) is 3.55. The van der Waals surface area contributed by atoms with Crippen LogP contribution in [0.25, 0.3) is 6.08 Å². The monoisotopic (exact) mass is 299 g/mol. The Bertz CT molecular complexity index is 598. The smallest absolute Gasteiger partial charge is 0.338 e. The van der Waals surface area contributed by atoms with Gasteiger partial charge in [0.1, 0.15) is 0 Å². The number of methoxy groups -OCH3 is 1. The zero-order valence-corrected chi connectivity index (χ0v) is 13.7. The molecule has 1 fully saturated rings. The quantitative estimate of drug-likeness (QED) is 0.796. The molecule has 1 aliphatic heterocycles. The van der Waals surface area contributed by atoms with Gasteiger partial charge in [-0.3, -0.25) is 0 Å². The first-order chi connectivity index (χ1) is 10.7. The Balaban J connectivity index is 1.74. The summed E-state index contributed by atoms with van der Waals surface area (Å²) in [4.78, 5) is 14.4. The molecule has 118 valence electrons. The molecule has 0 atom stereocenters. The number of likely N-dealkylation sites (tertiary alicyclic amines) is 1. The van der Waals surface area contributed by atoms with Crippen molar-refractivity contribution in [3.8, 4) is 0 Å². The topological polar surface area (TPSA) is 29.5 Å². The van der Waals surface area contributed by atoms with Crippen molar-refractivity contribution in [2.45, 2.75) is 39.0 Å². The van der Waals surface area contributed by atoms with E-state index in [-0.39, 0.29) is 5.97 Å². The molecule has 1 aromatic rings. The van der Waals surface area contributed by atoms with E-state index in [9.17, 15) is 4.79 Å². The van der Waals surface area contributed by atoms with Gasteiger partial charge >= 0.3 is 5.97 Å². The lowest BCUT2D eigenvalue weighted by molar-refractivity contribution is 0.0600. The Morgan fingerprint density at radius 1 is 1.23 bits per heavy atom. The molecule has 0 saturated carbocycles. The summed E-state index contributed by atoms with van der Waals surface area (Å²) in [5, 5.41) is 0. The standard InChI is InChI=1S/C19H25NO2/c1-14-11-17-12-15(7-10-20-8-3-4-9-20)5-6-16(17)13-18(14)19(21)22-2/h11-13H,3-10H2,1-2H3. The highest BCUT2D eigenvalue weighted by molar-refractivity contribution is 5.91. The van der Waals surface area contributed by atoms with Gasteiger partial charge in [-0.1, -0.05) is 17.7 Å². The second-order valence-corrected chi connectivity index (χ2v) is 6.46. The summed E-state index contributed by atoms with van der Waals surface area (Å²) < 4.78 is 4.86. The van der Waals surface area contributed by atoms with Gasteiger partial charge in [0, 0.05) is 6.54 Å². The minimum Gasteiger partial charge on any atom is -0.465 e. The fraction of sp³-hybridized carbons (Fsp3) is 0.526. The highest BCUT2D eigenvalue weighted by atomic mass is 16.5. The minimum absolute atomic E-state index is 0.232. The van der Waals surface area contributed by atoms with Crippen molar-refractivity contribution in [2.24, 2.45) is 0 Å². The molecule has 3 nitrogen and oxygen atoms in total. The van der Waals surface area contributed by atoms with E-state index in [0.717, 1.165) is 18.4 Å². The van der Waals surface area contributed by atoms with E-state index in [1.54, 1.807) is 5.57 Å². The number of hydrogen-bond donors (Lipinski definition) is 0. The van der Waals surface area contributed by atoms with Crippen molar-refractivity contribution < 1.29 is 9.53 Å². The Labute approximate surface area is 133 Å². The highest BCUT2D eigenvalue weighted by Crippen LogP contribution is 2.29. The predicted octanol–water partition coefficient (Wildman–Crippen LogP) is 3.60. The Kier molecular flexibility index (Phi) is 4.63. The average Bonchev–Trinajstić information content (AvgIpc) is 3.04. The minimum atomic E-state index is -0.232. The van der Waals surface area contributed by atoms with Crippen molar-refractivity contribution in [2.75, 3.05) is 26.7 Å². The van der Waals surface area contributed by atoms with Crippen LogP contribution in [0.15, 0.2) is 17.7 Å². The average molecular weight is 299 g/mol. The van der Waals surface area contributed by atoms with Crippen LogP contribution < -0.4 is 0 Å². The predicted molar refractivity (Wildman–Crippen MR) is 89.1 cm³/mol. The maximum atomic E-state index is 11.8. The third-order valence-electron chi connectivity index (χ3n) is 4.91. The molecule has 0 radical (unpaired) electrons. The van der Waals surface area contributed by atoms with Gasteiger partial charge in [-0.25, -0.2) is 4.79 Å². The molecule has 0 amide bonds. The zero-order valence-electron chi connectivity index (χ0n) is 13.7. The number of esters is 1. The van der Waals surface area contributed by atoms with Crippen molar-refractivity contribution in [3.63, 3.8) is 0 Å². The number of nitrogens with zero attached hydrogens (tertiary/aromatic N) is 1. The van der Waals surface area contributed by atoms with E-state index >= 15 is 0 Å². The molecule has 1 aromatic carbocycles. The molecule has 0 spiro atoms. The molecular weight excluding hydrogens is 274 g/mol. The highest BCUT2D eigenvalue weighted by Gasteiger charge is 2.17. The molecular formula is C19H25NO2. The SMILES string of the molecule is COC(=O)c1cc2c(cc1C)C=C(CCN1CCCC1)CC2. The van der Waals surface area contributed by atoms with Crippen LogP contribution in [0.5, 0.6) is 0 Å². The summed E-state index contributed by atoms with van der Waals surface area (Å²) >= 11 is 0. The van der Waals surface area contributed by atoms with E-state index in [2.05, 4.69) is 17.0 Å². The summed E-state index contributed by atoms with van der Waals surface area (Å²) in [5.74, 6) is -0.232. The summed E-state index contributed by atoms with van der Waals surface area (Å²) in [6.45, 7) is 5.72. The first-order valence-corrected chi connectivity index (χ1v) is 8.31. The molecule has 1 saturated heterocycles. The number of fused-ring (bicyclic) bond motifs is 1. The fourth-order valence-corrected chi connectivity index (χ4v) is 3.55. The summed E-state index contributed by atoms with van der Waals surface area (Å²) in [6.07, 6.45) is 8.38. The number of ether oxygens (including phenoxy) is 1. The van der Waals surface area contributed by atoms with Gasteiger partial charge < -0.3 is 9.64 Å². The third-order valence-corrected chi connectivity index (χ3v) is 4.91. The molecule has 22 heavy (non-hydrogen) atoms. The van der Waals surface area contributed by atoms with Crippen molar-refractivity contribution in [3.05, 3.63) is 40.0 Å². The van der Waals surface area contributed by atoms with Gasteiger partial charge in [0.25, 0.3) is 0 Å². The van der Waals surface area contributed by atoms with E-state index in [1.807, 2.05) is 13.0 Å². The van der Waals surface area contributed by atoms with Gasteiger partial charge in [-0.15, -0.1) is 0 Å². The lowest BCUT2D eigenvalue weighted by atomic mass is 9.88. The van der Waals surface area contributed by atoms with Crippen LogP contribution in [0.2, 0.25) is 0 Å². The van der Waals surface area contributed by atoms with Crippen molar-refractivity contribution in [1.29, 1.82) is 0 Å². The molecule has 3 heteroatoms. The number of hydrogen-bond acceptors (Lipinski definition) is 3. The first kappa shape index (κ1) is 15.3. The zero-order chi connectivity index (χ0) is 15.5. The van der Waals surface area contributed by atoms with E-state index < -0.39 is 0 Å². The molecule has 3 rings (SSSR count). The Morgan fingerprint density at radius 3 is 2.73 bits per heavy atom. The van der Waals surface area contributed by atoms with Crippen molar-refractivity contribution in [1.82, 2.24) is 4.90 Å². The lowest BCUT2D eigenvalue weighted by Gasteiger charge is -2.21. The number of carbonyl (C=O) groups excluding carboxylic acids is 1. The van der Waals surface area contributed by atoms with Gasteiger partial charge in [-0.2, -0.15) is 0 Å². The molecule has 0 unspecified atom stereocenters. The van der Waals surface area contributed by atoms with Gasteiger partial charge in [0.15, 0.2) is 0 Å². The molecule has 0 bridgehead atoms. The molecule has 0 aromatic heterocycles.